The molecule has 0 N–H and O–H groups in total. The Morgan fingerprint density at radius 3 is 0.886 bits per heavy atom. The van der Waals surface area contributed by atoms with E-state index in [1.165, 1.54) is 60.4 Å². The monoisotopic (exact) mass is 641 g/mol. The minimum atomic E-state index is -1.13. The fourth-order valence-electron chi connectivity index (χ4n) is 8.27. The lowest BCUT2D eigenvalue weighted by Crippen LogP contribution is -2.23. The third-order valence-electron chi connectivity index (χ3n) is 8.25. The Labute approximate surface area is 275 Å². The number of amides is 1. The number of nitrogens with zero attached hydrogens (tertiary/aromatic N) is 1. The average molecular weight is 642 g/mol. The van der Waals surface area contributed by atoms with E-state index in [0.29, 0.717) is 0 Å². The first-order chi connectivity index (χ1) is 20.4. The molecule has 2 rings (SSSR count). The van der Waals surface area contributed by atoms with Crippen molar-refractivity contribution in [3.05, 3.63) is 59.7 Å². The lowest BCUT2D eigenvalue weighted by atomic mass is 10.1. The summed E-state index contributed by atoms with van der Waals surface area (Å²) in [5, 5.41) is 0. The zero-order chi connectivity index (χ0) is 33.2. The zero-order valence-electron chi connectivity index (χ0n) is 31.0. The second-order valence-corrected chi connectivity index (χ2v) is 24.8. The van der Waals surface area contributed by atoms with Crippen LogP contribution in [0.1, 0.15) is 101 Å². The summed E-state index contributed by atoms with van der Waals surface area (Å²) >= 11 is 0. The number of benzene rings is 2. The summed E-state index contributed by atoms with van der Waals surface area (Å²) in [5.74, 6) is 4.42. The van der Waals surface area contributed by atoms with Gasteiger partial charge in [0.25, 0.3) is 0 Å². The molecule has 0 fully saturated rings. The van der Waals surface area contributed by atoms with Crippen molar-refractivity contribution < 1.29 is 4.79 Å². The van der Waals surface area contributed by atoms with Crippen LogP contribution in [-0.4, -0.2) is 42.9 Å². The average Bonchev–Trinajstić information content (AvgIpc) is 2.83. The van der Waals surface area contributed by atoms with E-state index < -0.39 is 14.5 Å². The van der Waals surface area contributed by atoms with Crippen molar-refractivity contribution >= 4 is 31.8 Å². The van der Waals surface area contributed by atoms with Gasteiger partial charge < -0.3 is 0 Å². The molecule has 0 heterocycles. The van der Waals surface area contributed by atoms with Crippen molar-refractivity contribution in [2.75, 3.05) is 41.9 Å². The van der Waals surface area contributed by atoms with Crippen LogP contribution in [-0.2, 0) is 17.1 Å². The molecule has 248 valence electrons. The van der Waals surface area contributed by atoms with Gasteiger partial charge in [0.15, 0.2) is 0 Å². The molecule has 0 atom stereocenters. The van der Waals surface area contributed by atoms with Crippen molar-refractivity contribution in [2.24, 2.45) is 35.5 Å². The first kappa shape index (κ1) is 39.0. The van der Waals surface area contributed by atoms with Gasteiger partial charge in [0.05, 0.1) is 49.3 Å². The molecule has 2 aromatic rings. The molecule has 1 amide bonds. The molecule has 0 aliphatic rings. The number of hydrogen-bond acceptors (Lipinski definition) is 1. The van der Waals surface area contributed by atoms with E-state index in [4.69, 9.17) is 0 Å². The van der Waals surface area contributed by atoms with Gasteiger partial charge in [0, 0.05) is 32.8 Å². The third-order valence-corrected chi connectivity index (χ3v) is 19.4. The summed E-state index contributed by atoms with van der Waals surface area (Å²) in [6.07, 6.45) is 10.6. The van der Waals surface area contributed by atoms with Crippen LogP contribution in [0, 0.1) is 35.5 Å². The summed E-state index contributed by atoms with van der Waals surface area (Å²) in [4.78, 5) is 14.9. The minimum absolute atomic E-state index is 0.0630. The molecule has 0 saturated carbocycles. The Kier molecular flexibility index (Phi) is 15.6. The Balaban J connectivity index is 2.36. The molecular formula is C40H69NOP2+2. The standard InChI is InChI=1S/C40H69NOP2/c1-30(2)22-43(23-31(3)4,24-32(5)6)28-37-14-18-39(19-15-37)41(36(13)42)40-20-16-38(17-21-40)29-44(25-33(7)8,26-34(9)10)27-35(11)12/h14-21,30-35H,22-29H2,1-13H3/q+2. The fraction of sp³-hybridized carbons (Fsp3) is 0.675. The number of carbonyl (C=O) groups excluding carboxylic acids is 1. The van der Waals surface area contributed by atoms with Gasteiger partial charge in [-0.25, -0.2) is 0 Å². The quantitative estimate of drug-likeness (QED) is 0.148. The molecule has 0 aromatic heterocycles. The Morgan fingerprint density at radius 2 is 0.705 bits per heavy atom. The summed E-state index contributed by atoms with van der Waals surface area (Å²) in [5.41, 5.74) is 4.80. The molecule has 0 bridgehead atoms. The topological polar surface area (TPSA) is 20.3 Å². The molecule has 0 radical (unpaired) electrons. The molecule has 0 saturated heterocycles. The Hall–Kier alpha value is -1.23. The summed E-state index contributed by atoms with van der Waals surface area (Å²) < 4.78 is 0. The maximum absolute atomic E-state index is 13.0. The number of rotatable bonds is 18. The van der Waals surface area contributed by atoms with Crippen LogP contribution in [0.15, 0.2) is 48.5 Å². The van der Waals surface area contributed by atoms with Crippen molar-refractivity contribution in [3.8, 4) is 0 Å². The van der Waals surface area contributed by atoms with Gasteiger partial charge in [-0.2, -0.15) is 0 Å². The van der Waals surface area contributed by atoms with E-state index in [2.05, 4.69) is 132 Å². The molecule has 2 aromatic carbocycles. The predicted molar refractivity (Wildman–Crippen MR) is 205 cm³/mol. The molecular weight excluding hydrogens is 572 g/mol. The van der Waals surface area contributed by atoms with E-state index in [0.717, 1.165) is 46.9 Å². The van der Waals surface area contributed by atoms with E-state index in [-0.39, 0.29) is 5.91 Å². The van der Waals surface area contributed by atoms with Crippen LogP contribution in [0.5, 0.6) is 0 Å². The summed E-state index contributed by atoms with van der Waals surface area (Å²) in [6.45, 7) is 30.5. The van der Waals surface area contributed by atoms with Gasteiger partial charge >= 0.3 is 0 Å². The van der Waals surface area contributed by atoms with Gasteiger partial charge in [0.2, 0.25) is 5.91 Å². The molecule has 0 unspecified atom stereocenters. The predicted octanol–water partition coefficient (Wildman–Crippen LogP) is 12.3. The molecule has 2 nitrogen and oxygen atoms in total. The van der Waals surface area contributed by atoms with Crippen LogP contribution in [0.3, 0.4) is 0 Å². The molecule has 4 heteroatoms. The highest BCUT2D eigenvalue weighted by molar-refractivity contribution is 7.75. The molecule has 0 aliphatic carbocycles. The molecule has 0 spiro atoms. The maximum atomic E-state index is 13.0. The third kappa shape index (κ3) is 12.9. The summed E-state index contributed by atoms with van der Waals surface area (Å²) in [6, 6.07) is 18.0. The largest absolute Gasteiger partial charge is 0.281 e. The maximum Gasteiger partial charge on any atom is 0.228 e. The van der Waals surface area contributed by atoms with Crippen molar-refractivity contribution in [3.63, 3.8) is 0 Å². The molecule has 0 aliphatic heterocycles. The number of anilines is 2. The second-order valence-electron chi connectivity index (χ2n) is 16.6. The van der Waals surface area contributed by atoms with Gasteiger partial charge in [-0.05, 0) is 70.9 Å². The van der Waals surface area contributed by atoms with E-state index in [9.17, 15) is 4.79 Å². The van der Waals surface area contributed by atoms with Gasteiger partial charge in [0.1, 0.15) is 0 Å². The van der Waals surface area contributed by atoms with Gasteiger partial charge in [-0.3, -0.25) is 9.69 Å². The molecule has 44 heavy (non-hydrogen) atoms. The van der Waals surface area contributed by atoms with Crippen LogP contribution >= 0.6 is 14.5 Å². The highest BCUT2D eigenvalue weighted by Crippen LogP contribution is 2.65. The van der Waals surface area contributed by atoms with Crippen molar-refractivity contribution in [2.45, 2.75) is 102 Å². The zero-order valence-corrected chi connectivity index (χ0v) is 32.8. The Bertz CT molecular complexity index is 979. The SMILES string of the molecule is CC(=O)N(c1ccc(C[P+](CC(C)C)(CC(C)C)CC(C)C)cc1)c1ccc(C[P+](CC(C)C)(CC(C)C)CC(C)C)cc1. The van der Waals surface area contributed by atoms with E-state index >= 15 is 0 Å². The van der Waals surface area contributed by atoms with E-state index in [1.54, 1.807) is 6.92 Å². The first-order valence-electron chi connectivity index (χ1n) is 17.6. The smallest absolute Gasteiger partial charge is 0.228 e. The Morgan fingerprint density at radius 1 is 0.477 bits per heavy atom. The van der Waals surface area contributed by atoms with Crippen LogP contribution in [0.25, 0.3) is 0 Å². The van der Waals surface area contributed by atoms with Crippen LogP contribution in [0.2, 0.25) is 0 Å². The normalized spacial score (nSPS) is 12.9. The first-order valence-corrected chi connectivity index (χ1v) is 22.7. The van der Waals surface area contributed by atoms with Crippen LogP contribution in [0.4, 0.5) is 11.4 Å². The number of hydrogen-bond donors (Lipinski definition) is 0. The van der Waals surface area contributed by atoms with Gasteiger partial charge in [-0.15, -0.1) is 0 Å². The lowest BCUT2D eigenvalue weighted by molar-refractivity contribution is -0.115. The lowest BCUT2D eigenvalue weighted by Gasteiger charge is -2.33. The van der Waals surface area contributed by atoms with Gasteiger partial charge in [-0.1, -0.05) is 107 Å². The number of carbonyl (C=O) groups is 1. The highest BCUT2D eigenvalue weighted by atomic mass is 31.2. The minimum Gasteiger partial charge on any atom is -0.281 e. The summed E-state index contributed by atoms with van der Waals surface area (Å²) in [7, 11) is -2.26. The second kappa shape index (κ2) is 17.6. The van der Waals surface area contributed by atoms with Crippen molar-refractivity contribution in [1.82, 2.24) is 0 Å². The van der Waals surface area contributed by atoms with Crippen LogP contribution < -0.4 is 4.90 Å². The van der Waals surface area contributed by atoms with Crippen molar-refractivity contribution in [1.29, 1.82) is 0 Å². The fourth-order valence-corrected chi connectivity index (χ4v) is 21.2. The highest BCUT2D eigenvalue weighted by Gasteiger charge is 2.41. The van der Waals surface area contributed by atoms with E-state index in [1.807, 2.05) is 4.90 Å².